The number of benzene rings is 1. The van der Waals surface area contributed by atoms with Crippen LogP contribution in [0.3, 0.4) is 0 Å². The fourth-order valence-corrected chi connectivity index (χ4v) is 2.38. The third-order valence-corrected chi connectivity index (χ3v) is 3.37. The van der Waals surface area contributed by atoms with Crippen molar-refractivity contribution in [2.45, 2.75) is 38.3 Å². The molecule has 2 nitrogen and oxygen atoms in total. The van der Waals surface area contributed by atoms with E-state index in [0.717, 1.165) is 5.75 Å². The molecule has 1 saturated heterocycles. The van der Waals surface area contributed by atoms with E-state index in [1.807, 2.05) is 12.1 Å². The molecule has 2 rings (SSSR count). The summed E-state index contributed by atoms with van der Waals surface area (Å²) in [4.78, 5) is 0. The van der Waals surface area contributed by atoms with Gasteiger partial charge in [0.2, 0.25) is 0 Å². The fraction of sp³-hybridized carbons (Fsp3) is 0.538. The van der Waals surface area contributed by atoms with Crippen LogP contribution in [0.2, 0.25) is 0 Å². The first-order valence-corrected chi connectivity index (χ1v) is 5.56. The molecule has 0 radical (unpaired) electrons. The Bertz CT molecular complexity index is 333. The van der Waals surface area contributed by atoms with E-state index in [1.165, 1.54) is 18.4 Å². The van der Waals surface area contributed by atoms with Crippen LogP contribution in [0.15, 0.2) is 24.3 Å². The van der Waals surface area contributed by atoms with Crippen LogP contribution in [0.1, 0.15) is 32.3 Å². The first kappa shape index (κ1) is 10.5. The predicted molar refractivity (Wildman–Crippen MR) is 62.2 cm³/mol. The highest BCUT2D eigenvalue weighted by Gasteiger charge is 2.33. The Morgan fingerprint density at radius 1 is 1.33 bits per heavy atom. The molecule has 0 saturated carbocycles. The zero-order valence-electron chi connectivity index (χ0n) is 9.71. The molecule has 82 valence electrons. The van der Waals surface area contributed by atoms with Crippen molar-refractivity contribution in [1.29, 1.82) is 0 Å². The van der Waals surface area contributed by atoms with Gasteiger partial charge in [0.1, 0.15) is 5.75 Å². The van der Waals surface area contributed by atoms with Gasteiger partial charge in [0.05, 0.1) is 7.11 Å². The molecule has 0 aliphatic carbocycles. The summed E-state index contributed by atoms with van der Waals surface area (Å²) < 4.78 is 5.17. The lowest BCUT2D eigenvalue weighted by Crippen LogP contribution is -2.36. The molecule has 2 heteroatoms. The summed E-state index contributed by atoms with van der Waals surface area (Å²) in [6.07, 6.45) is 2.46. The van der Waals surface area contributed by atoms with Crippen LogP contribution < -0.4 is 10.1 Å². The summed E-state index contributed by atoms with van der Waals surface area (Å²) in [6, 6.07) is 9.00. The topological polar surface area (TPSA) is 21.3 Å². The lowest BCUT2D eigenvalue weighted by Gasteiger charge is -2.26. The van der Waals surface area contributed by atoms with Crippen LogP contribution >= 0.6 is 0 Å². The van der Waals surface area contributed by atoms with Gasteiger partial charge in [-0.1, -0.05) is 12.1 Å². The van der Waals surface area contributed by atoms with Crippen LogP contribution in [0.4, 0.5) is 0 Å². The molecule has 15 heavy (non-hydrogen) atoms. The maximum absolute atomic E-state index is 5.17. The molecule has 2 atom stereocenters. The van der Waals surface area contributed by atoms with E-state index in [9.17, 15) is 0 Å². The fourth-order valence-electron chi connectivity index (χ4n) is 2.38. The van der Waals surface area contributed by atoms with Crippen LogP contribution in [-0.4, -0.2) is 13.2 Å². The Balaban J connectivity index is 2.22. The second-order valence-electron chi connectivity index (χ2n) is 4.64. The van der Waals surface area contributed by atoms with E-state index < -0.39 is 0 Å². The van der Waals surface area contributed by atoms with E-state index in [-0.39, 0.29) is 5.54 Å². The smallest absolute Gasteiger partial charge is 0.118 e. The molecular weight excluding hydrogens is 186 g/mol. The Kier molecular flexibility index (Phi) is 2.70. The standard InChI is InChI=1S/C13H19NO/c1-10-8-9-13(2,14-10)11-4-6-12(15-3)7-5-11/h4-7,10,14H,8-9H2,1-3H3. The largest absolute Gasteiger partial charge is 0.497 e. The van der Waals surface area contributed by atoms with Gasteiger partial charge in [-0.05, 0) is 44.4 Å². The summed E-state index contributed by atoms with van der Waals surface area (Å²) in [5.41, 5.74) is 1.50. The van der Waals surface area contributed by atoms with E-state index in [4.69, 9.17) is 4.74 Å². The monoisotopic (exact) mass is 205 g/mol. The average molecular weight is 205 g/mol. The minimum atomic E-state index is 0.145. The van der Waals surface area contributed by atoms with E-state index >= 15 is 0 Å². The normalized spacial score (nSPS) is 30.5. The Labute approximate surface area is 91.6 Å². The lowest BCUT2D eigenvalue weighted by atomic mass is 9.91. The van der Waals surface area contributed by atoms with Gasteiger partial charge >= 0.3 is 0 Å². The zero-order chi connectivity index (χ0) is 10.9. The van der Waals surface area contributed by atoms with Crippen molar-refractivity contribution in [3.8, 4) is 5.75 Å². The summed E-state index contributed by atoms with van der Waals surface area (Å²) in [5, 5.41) is 3.64. The van der Waals surface area contributed by atoms with Crippen molar-refractivity contribution >= 4 is 0 Å². The van der Waals surface area contributed by atoms with Gasteiger partial charge in [-0.2, -0.15) is 0 Å². The SMILES string of the molecule is COc1ccc(C2(C)CCC(C)N2)cc1. The number of ether oxygens (including phenoxy) is 1. The molecule has 2 unspecified atom stereocenters. The number of hydrogen-bond acceptors (Lipinski definition) is 2. The van der Waals surface area contributed by atoms with Crippen molar-refractivity contribution in [3.63, 3.8) is 0 Å². The summed E-state index contributed by atoms with van der Waals surface area (Å²) >= 11 is 0. The molecule has 1 heterocycles. The van der Waals surface area contributed by atoms with Crippen molar-refractivity contribution in [3.05, 3.63) is 29.8 Å². The first-order chi connectivity index (χ1) is 7.14. The number of methoxy groups -OCH3 is 1. The van der Waals surface area contributed by atoms with Crippen LogP contribution in [0, 0.1) is 0 Å². The highest BCUT2D eigenvalue weighted by Crippen LogP contribution is 2.33. The Morgan fingerprint density at radius 2 is 2.00 bits per heavy atom. The number of nitrogens with one attached hydrogen (secondary N) is 1. The van der Waals surface area contributed by atoms with E-state index in [2.05, 4.69) is 31.3 Å². The van der Waals surface area contributed by atoms with Gasteiger partial charge in [-0.25, -0.2) is 0 Å². The molecule has 1 aliphatic heterocycles. The third-order valence-electron chi connectivity index (χ3n) is 3.37. The minimum absolute atomic E-state index is 0.145. The first-order valence-electron chi connectivity index (χ1n) is 5.56. The maximum atomic E-state index is 5.17. The maximum Gasteiger partial charge on any atom is 0.118 e. The summed E-state index contributed by atoms with van der Waals surface area (Å²) in [7, 11) is 1.70. The van der Waals surface area contributed by atoms with Gasteiger partial charge in [0, 0.05) is 11.6 Å². The van der Waals surface area contributed by atoms with Gasteiger partial charge in [0.25, 0.3) is 0 Å². The minimum Gasteiger partial charge on any atom is -0.497 e. The van der Waals surface area contributed by atoms with E-state index in [0.29, 0.717) is 6.04 Å². The van der Waals surface area contributed by atoms with Crippen molar-refractivity contribution in [1.82, 2.24) is 5.32 Å². The number of hydrogen-bond donors (Lipinski definition) is 1. The Morgan fingerprint density at radius 3 is 2.47 bits per heavy atom. The highest BCUT2D eigenvalue weighted by atomic mass is 16.5. The molecule has 0 aromatic heterocycles. The highest BCUT2D eigenvalue weighted by molar-refractivity contribution is 5.32. The summed E-state index contributed by atoms with van der Waals surface area (Å²) in [6.45, 7) is 4.52. The molecule has 0 spiro atoms. The van der Waals surface area contributed by atoms with Gasteiger partial charge < -0.3 is 10.1 Å². The molecule has 1 fully saturated rings. The molecule has 1 aromatic carbocycles. The van der Waals surface area contributed by atoms with Crippen LogP contribution in [0.25, 0.3) is 0 Å². The van der Waals surface area contributed by atoms with Crippen molar-refractivity contribution in [2.75, 3.05) is 7.11 Å². The van der Waals surface area contributed by atoms with Crippen molar-refractivity contribution < 1.29 is 4.74 Å². The van der Waals surface area contributed by atoms with Gasteiger partial charge in [-0.3, -0.25) is 0 Å². The van der Waals surface area contributed by atoms with Crippen molar-refractivity contribution in [2.24, 2.45) is 0 Å². The third kappa shape index (κ3) is 2.00. The summed E-state index contributed by atoms with van der Waals surface area (Å²) in [5.74, 6) is 0.924. The van der Waals surface area contributed by atoms with Crippen LogP contribution in [-0.2, 0) is 5.54 Å². The zero-order valence-corrected chi connectivity index (χ0v) is 9.71. The Hall–Kier alpha value is -1.02. The second-order valence-corrected chi connectivity index (χ2v) is 4.64. The van der Waals surface area contributed by atoms with Crippen LogP contribution in [0.5, 0.6) is 5.75 Å². The molecule has 1 N–H and O–H groups in total. The quantitative estimate of drug-likeness (QED) is 0.801. The second kappa shape index (κ2) is 3.86. The van der Waals surface area contributed by atoms with Gasteiger partial charge in [-0.15, -0.1) is 0 Å². The predicted octanol–water partition coefficient (Wildman–Crippen LogP) is 2.68. The average Bonchev–Trinajstić information content (AvgIpc) is 2.60. The van der Waals surface area contributed by atoms with E-state index in [1.54, 1.807) is 7.11 Å². The molecule has 1 aliphatic rings. The lowest BCUT2D eigenvalue weighted by molar-refractivity contribution is 0.405. The molecule has 0 amide bonds. The molecule has 0 bridgehead atoms. The molecule has 1 aromatic rings. The number of rotatable bonds is 2. The van der Waals surface area contributed by atoms with Gasteiger partial charge in [0.15, 0.2) is 0 Å². The molecular formula is C13H19NO.